The lowest BCUT2D eigenvalue weighted by atomic mass is 10.0. The standard InChI is InChI=1S/C24H21Cl2N3O2S2/c1-33(31)18-5-2-15(3-6-18)10-23(30)28-24-20(12-27)19-8-9-29(14-22(19)32-24)13-16-11-17(25)4-7-21(16)26/h2-7,11H,8-10,13-14H2,1H3,(H,28,30). The fraction of sp³-hybridized carbons (Fsp3) is 0.250. The summed E-state index contributed by atoms with van der Waals surface area (Å²) in [6.45, 7) is 2.14. The SMILES string of the molecule is CS(=O)c1ccc(CC(=O)Nc2sc3c(c2C#N)CCN(Cc2cc(Cl)ccc2Cl)C3)cc1. The quantitative estimate of drug-likeness (QED) is 0.474. The van der Waals surface area contributed by atoms with Crippen LogP contribution in [0.2, 0.25) is 10.0 Å². The fourth-order valence-corrected chi connectivity index (χ4v) is 6.01. The summed E-state index contributed by atoms with van der Waals surface area (Å²) in [6.07, 6.45) is 2.54. The highest BCUT2D eigenvalue weighted by Crippen LogP contribution is 2.37. The van der Waals surface area contributed by atoms with Gasteiger partial charge in [0, 0.05) is 56.5 Å². The Morgan fingerprint density at radius 2 is 2.00 bits per heavy atom. The predicted molar refractivity (Wildman–Crippen MR) is 134 cm³/mol. The van der Waals surface area contributed by atoms with Crippen LogP contribution >= 0.6 is 34.5 Å². The van der Waals surface area contributed by atoms with E-state index in [0.717, 1.165) is 39.4 Å². The molecule has 1 aliphatic heterocycles. The van der Waals surface area contributed by atoms with Crippen LogP contribution in [0.3, 0.4) is 0 Å². The molecule has 5 nitrogen and oxygen atoms in total. The van der Waals surface area contributed by atoms with E-state index in [9.17, 15) is 14.3 Å². The van der Waals surface area contributed by atoms with Crippen molar-refractivity contribution in [3.05, 3.63) is 79.6 Å². The number of amides is 1. The van der Waals surface area contributed by atoms with Crippen LogP contribution in [0.4, 0.5) is 5.00 Å². The van der Waals surface area contributed by atoms with Crippen molar-refractivity contribution in [1.82, 2.24) is 4.90 Å². The van der Waals surface area contributed by atoms with Gasteiger partial charge in [0.15, 0.2) is 0 Å². The van der Waals surface area contributed by atoms with Crippen molar-refractivity contribution in [2.45, 2.75) is 30.8 Å². The van der Waals surface area contributed by atoms with E-state index >= 15 is 0 Å². The molecule has 170 valence electrons. The van der Waals surface area contributed by atoms with Gasteiger partial charge in [0.1, 0.15) is 11.1 Å². The number of halogens is 2. The molecule has 1 aromatic heterocycles. The Hall–Kier alpha value is -2.21. The predicted octanol–water partition coefficient (Wildman–Crippen LogP) is 5.40. The Morgan fingerprint density at radius 3 is 2.70 bits per heavy atom. The van der Waals surface area contributed by atoms with Gasteiger partial charge < -0.3 is 5.32 Å². The summed E-state index contributed by atoms with van der Waals surface area (Å²) in [5.74, 6) is -0.182. The zero-order valence-electron chi connectivity index (χ0n) is 17.9. The number of carbonyl (C=O) groups excluding carboxylic acids is 1. The number of thiophene rings is 1. The number of fused-ring (bicyclic) bond motifs is 1. The minimum Gasteiger partial charge on any atom is -0.316 e. The van der Waals surface area contributed by atoms with Crippen LogP contribution in [0.5, 0.6) is 0 Å². The molecule has 0 saturated heterocycles. The lowest BCUT2D eigenvalue weighted by Crippen LogP contribution is -2.29. The Labute approximate surface area is 209 Å². The molecule has 1 amide bonds. The number of hydrogen-bond donors (Lipinski definition) is 1. The highest BCUT2D eigenvalue weighted by molar-refractivity contribution is 7.84. The molecule has 0 fully saturated rings. The minimum absolute atomic E-state index is 0.182. The number of rotatable bonds is 6. The molecule has 4 rings (SSSR count). The highest BCUT2D eigenvalue weighted by Gasteiger charge is 2.25. The highest BCUT2D eigenvalue weighted by atomic mass is 35.5. The summed E-state index contributed by atoms with van der Waals surface area (Å²) in [5, 5.41) is 14.6. The summed E-state index contributed by atoms with van der Waals surface area (Å²) in [5.41, 5.74) is 3.36. The number of nitriles is 1. The normalized spacial score (nSPS) is 14.4. The van der Waals surface area contributed by atoms with Gasteiger partial charge in [-0.15, -0.1) is 11.3 Å². The molecule has 0 radical (unpaired) electrons. The van der Waals surface area contributed by atoms with E-state index in [2.05, 4.69) is 16.3 Å². The Bertz CT molecular complexity index is 1270. The van der Waals surface area contributed by atoms with Gasteiger partial charge in [0.2, 0.25) is 5.91 Å². The van der Waals surface area contributed by atoms with Gasteiger partial charge in [0.25, 0.3) is 0 Å². The van der Waals surface area contributed by atoms with E-state index < -0.39 is 10.8 Å². The zero-order valence-corrected chi connectivity index (χ0v) is 21.0. The zero-order chi connectivity index (χ0) is 23.5. The first-order valence-electron chi connectivity index (χ1n) is 10.3. The molecule has 2 heterocycles. The third-order valence-electron chi connectivity index (χ3n) is 5.52. The number of anilines is 1. The molecule has 1 aliphatic rings. The molecule has 2 aromatic carbocycles. The smallest absolute Gasteiger partial charge is 0.229 e. The number of benzene rings is 2. The summed E-state index contributed by atoms with van der Waals surface area (Å²) in [6, 6.07) is 14.9. The van der Waals surface area contributed by atoms with Gasteiger partial charge in [0.05, 0.1) is 12.0 Å². The van der Waals surface area contributed by atoms with Crippen LogP contribution in [0.25, 0.3) is 0 Å². The van der Waals surface area contributed by atoms with Crippen molar-refractivity contribution in [1.29, 1.82) is 5.26 Å². The van der Waals surface area contributed by atoms with Crippen molar-refractivity contribution < 1.29 is 9.00 Å². The van der Waals surface area contributed by atoms with Crippen molar-refractivity contribution in [2.75, 3.05) is 18.1 Å². The molecule has 1 unspecified atom stereocenters. The first kappa shape index (κ1) is 23.9. The van der Waals surface area contributed by atoms with Gasteiger partial charge in [-0.25, -0.2) is 0 Å². The third-order valence-corrected chi connectivity index (χ3v) is 8.19. The minimum atomic E-state index is -1.05. The Kier molecular flexibility index (Phi) is 7.52. The Morgan fingerprint density at radius 1 is 1.24 bits per heavy atom. The molecule has 1 atom stereocenters. The molecule has 9 heteroatoms. The van der Waals surface area contributed by atoms with Crippen molar-refractivity contribution in [3.8, 4) is 6.07 Å². The van der Waals surface area contributed by atoms with Crippen molar-refractivity contribution in [2.24, 2.45) is 0 Å². The van der Waals surface area contributed by atoms with Gasteiger partial charge >= 0.3 is 0 Å². The topological polar surface area (TPSA) is 73.2 Å². The first-order chi connectivity index (χ1) is 15.8. The number of nitrogens with one attached hydrogen (secondary N) is 1. The molecular weight excluding hydrogens is 497 g/mol. The summed E-state index contributed by atoms with van der Waals surface area (Å²) in [4.78, 5) is 16.7. The van der Waals surface area contributed by atoms with Crippen molar-refractivity contribution in [3.63, 3.8) is 0 Å². The Balaban J connectivity index is 1.46. The molecule has 0 bridgehead atoms. The molecular formula is C24H21Cl2N3O2S2. The maximum atomic E-state index is 12.6. The largest absolute Gasteiger partial charge is 0.316 e. The number of hydrogen-bond acceptors (Lipinski definition) is 5. The third kappa shape index (κ3) is 5.65. The lowest BCUT2D eigenvalue weighted by Gasteiger charge is -2.27. The lowest BCUT2D eigenvalue weighted by molar-refractivity contribution is -0.115. The van der Waals surface area contributed by atoms with E-state index in [0.29, 0.717) is 33.7 Å². The molecule has 0 aliphatic carbocycles. The van der Waals surface area contributed by atoms with Crippen LogP contribution in [-0.2, 0) is 41.5 Å². The summed E-state index contributed by atoms with van der Waals surface area (Å²) < 4.78 is 11.5. The summed E-state index contributed by atoms with van der Waals surface area (Å²) >= 11 is 13.9. The van der Waals surface area contributed by atoms with Crippen LogP contribution in [-0.4, -0.2) is 27.8 Å². The molecule has 0 spiro atoms. The molecule has 33 heavy (non-hydrogen) atoms. The fourth-order valence-electron chi connectivity index (χ4n) is 3.86. The van der Waals surface area contributed by atoms with Crippen LogP contribution < -0.4 is 5.32 Å². The second-order valence-electron chi connectivity index (χ2n) is 7.84. The molecule has 0 saturated carbocycles. The van der Waals surface area contributed by atoms with E-state index in [1.807, 2.05) is 6.07 Å². The van der Waals surface area contributed by atoms with Crippen LogP contribution in [0.1, 0.15) is 27.1 Å². The maximum absolute atomic E-state index is 12.6. The van der Waals surface area contributed by atoms with E-state index in [-0.39, 0.29) is 12.3 Å². The van der Waals surface area contributed by atoms with Gasteiger partial charge in [-0.2, -0.15) is 5.26 Å². The van der Waals surface area contributed by atoms with Gasteiger partial charge in [-0.3, -0.25) is 13.9 Å². The number of nitrogens with zero attached hydrogens (tertiary/aromatic N) is 2. The molecule has 1 N–H and O–H groups in total. The monoisotopic (exact) mass is 517 g/mol. The molecule has 3 aromatic rings. The summed E-state index contributed by atoms with van der Waals surface area (Å²) in [7, 11) is -1.05. The van der Waals surface area contributed by atoms with Crippen LogP contribution in [0.15, 0.2) is 47.4 Å². The van der Waals surface area contributed by atoms with Gasteiger partial charge in [-0.1, -0.05) is 35.3 Å². The van der Waals surface area contributed by atoms with Gasteiger partial charge in [-0.05, 0) is 53.4 Å². The maximum Gasteiger partial charge on any atom is 0.229 e. The van der Waals surface area contributed by atoms with Crippen molar-refractivity contribution >= 4 is 56.2 Å². The second kappa shape index (κ2) is 10.4. The van der Waals surface area contributed by atoms with E-state index in [4.69, 9.17) is 23.2 Å². The number of carbonyl (C=O) groups is 1. The average molecular weight is 518 g/mol. The second-order valence-corrected chi connectivity index (χ2v) is 11.2. The van der Waals surface area contributed by atoms with E-state index in [1.54, 1.807) is 42.7 Å². The first-order valence-corrected chi connectivity index (χ1v) is 13.4. The van der Waals surface area contributed by atoms with Crippen LogP contribution in [0, 0.1) is 11.3 Å². The average Bonchev–Trinajstić information content (AvgIpc) is 3.12. The van der Waals surface area contributed by atoms with E-state index in [1.165, 1.54) is 11.3 Å².